The predicted molar refractivity (Wildman–Crippen MR) is 88.0 cm³/mol. The molecule has 24 heavy (non-hydrogen) atoms. The maximum absolute atomic E-state index is 13.3. The fourth-order valence-electron chi connectivity index (χ4n) is 3.00. The van der Waals surface area contributed by atoms with Crippen LogP contribution in [0, 0.1) is 11.6 Å². The molecule has 2 heterocycles. The van der Waals surface area contributed by atoms with Gasteiger partial charge < -0.3 is 10.2 Å². The van der Waals surface area contributed by atoms with E-state index in [-0.39, 0.29) is 12.1 Å². The van der Waals surface area contributed by atoms with Gasteiger partial charge in [-0.25, -0.2) is 18.7 Å². The van der Waals surface area contributed by atoms with Crippen molar-refractivity contribution in [2.24, 2.45) is 5.16 Å². The van der Waals surface area contributed by atoms with Crippen LogP contribution in [0.25, 0.3) is 0 Å². The summed E-state index contributed by atoms with van der Waals surface area (Å²) in [5.74, 6) is -1.13. The van der Waals surface area contributed by atoms with E-state index in [1.165, 1.54) is 12.1 Å². The maximum atomic E-state index is 13.3. The Bertz CT molecular complexity index is 781. The average Bonchev–Trinajstić information content (AvgIpc) is 3.14. The predicted octanol–water partition coefficient (Wildman–Crippen LogP) is 3.50. The molecule has 1 aromatic carbocycles. The van der Waals surface area contributed by atoms with Crippen LogP contribution in [0.2, 0.25) is 0 Å². The number of anilines is 1. The number of aromatic nitrogens is 2. The lowest BCUT2D eigenvalue weighted by atomic mass is 10.1. The number of halogens is 3. The number of hydrogen-bond acceptors (Lipinski definition) is 5. The van der Waals surface area contributed by atoms with Crippen LogP contribution in [0.15, 0.2) is 29.7 Å². The molecule has 2 aromatic rings. The lowest BCUT2D eigenvalue weighted by Crippen LogP contribution is -2.21. The number of rotatable bonds is 3. The van der Waals surface area contributed by atoms with Gasteiger partial charge >= 0.3 is 0 Å². The van der Waals surface area contributed by atoms with Crippen LogP contribution in [-0.4, -0.2) is 20.6 Å². The van der Waals surface area contributed by atoms with Gasteiger partial charge in [0.1, 0.15) is 4.62 Å². The Morgan fingerprint density at radius 3 is 2.21 bits per heavy atom. The number of oxime groups is 1. The van der Waals surface area contributed by atoms with Gasteiger partial charge in [-0.05, 0) is 52.0 Å². The summed E-state index contributed by atoms with van der Waals surface area (Å²) in [6.45, 7) is 0. The third-order valence-corrected chi connectivity index (χ3v) is 4.65. The lowest BCUT2D eigenvalue weighted by molar-refractivity contribution is 0.0853. The van der Waals surface area contributed by atoms with Crippen LogP contribution in [0.5, 0.6) is 0 Å². The van der Waals surface area contributed by atoms with Gasteiger partial charge in [0, 0.05) is 30.4 Å². The second-order valence-electron chi connectivity index (χ2n) is 5.89. The smallest absolute Gasteiger partial charge is 0.222 e. The van der Waals surface area contributed by atoms with Crippen molar-refractivity contribution in [1.29, 1.82) is 0 Å². The minimum absolute atomic E-state index is 0.0206. The minimum atomic E-state index is -0.806. The highest BCUT2D eigenvalue weighted by Gasteiger charge is 2.25. The fourth-order valence-corrected chi connectivity index (χ4v) is 3.38. The number of hydrogen-bond donors (Lipinski definition) is 1. The van der Waals surface area contributed by atoms with Crippen molar-refractivity contribution in [1.82, 2.24) is 9.97 Å². The molecule has 0 amide bonds. The van der Waals surface area contributed by atoms with Crippen LogP contribution in [0.4, 0.5) is 14.7 Å². The molecule has 4 rings (SSSR count). The number of fused-ring (bicyclic) bond motifs is 1. The summed E-state index contributed by atoms with van der Waals surface area (Å²) in [6.07, 6.45) is 5.11. The van der Waals surface area contributed by atoms with Crippen LogP contribution in [-0.2, 0) is 17.7 Å². The lowest BCUT2D eigenvalue weighted by Gasteiger charge is -2.13. The summed E-state index contributed by atoms with van der Waals surface area (Å²) < 4.78 is 27.4. The first-order valence-corrected chi connectivity index (χ1v) is 8.31. The first kappa shape index (κ1) is 15.4. The molecule has 1 atom stereocenters. The fraction of sp³-hybridized carbons (Fsp3) is 0.312. The van der Waals surface area contributed by atoms with E-state index in [1.807, 2.05) is 0 Å². The molecule has 1 unspecified atom stereocenters. The molecule has 0 saturated heterocycles. The zero-order valence-electron chi connectivity index (χ0n) is 12.5. The van der Waals surface area contributed by atoms with E-state index in [0.29, 0.717) is 25.2 Å². The van der Waals surface area contributed by atoms with Gasteiger partial charge in [-0.1, -0.05) is 5.16 Å². The van der Waals surface area contributed by atoms with Crippen molar-refractivity contribution in [3.05, 3.63) is 52.9 Å². The van der Waals surface area contributed by atoms with Gasteiger partial charge in [-0.3, -0.25) is 0 Å². The van der Waals surface area contributed by atoms with Crippen molar-refractivity contribution < 1.29 is 13.6 Å². The first-order valence-electron chi connectivity index (χ1n) is 7.52. The van der Waals surface area contributed by atoms with Crippen LogP contribution in [0.1, 0.15) is 29.2 Å². The molecule has 5 nitrogen and oxygen atoms in total. The molecule has 8 heteroatoms. The molecule has 0 radical (unpaired) electrons. The molecule has 1 aliphatic heterocycles. The third-order valence-electron chi connectivity index (χ3n) is 4.18. The topological polar surface area (TPSA) is 59.4 Å². The van der Waals surface area contributed by atoms with E-state index >= 15 is 0 Å². The number of benzene rings is 1. The Labute approximate surface area is 145 Å². The average molecular weight is 395 g/mol. The van der Waals surface area contributed by atoms with Crippen molar-refractivity contribution in [3.63, 3.8) is 0 Å². The molecule has 2 aliphatic rings. The summed E-state index contributed by atoms with van der Waals surface area (Å²) in [6, 6.07) is 2.56. The van der Waals surface area contributed by atoms with Crippen molar-refractivity contribution in [2.75, 3.05) is 5.32 Å². The molecular weight excluding hydrogens is 382 g/mol. The highest BCUT2D eigenvalue weighted by atomic mass is 79.9. The van der Waals surface area contributed by atoms with Crippen LogP contribution < -0.4 is 5.32 Å². The molecule has 1 aromatic heterocycles. The Hall–Kier alpha value is -2.09. The van der Waals surface area contributed by atoms with Gasteiger partial charge in [0.15, 0.2) is 17.7 Å². The maximum Gasteiger partial charge on any atom is 0.222 e. The largest absolute Gasteiger partial charge is 0.386 e. The second kappa shape index (κ2) is 6.08. The standard InChI is InChI=1S/C16H13BrF2N4O/c17-15-5-14(24-23-15)10-6-20-16(21-7-10)22-11-1-8-3-12(18)13(19)4-9(8)2-11/h3-4,6-7,11,14H,1-2,5H2,(H,20,21,22). The molecule has 1 aliphatic carbocycles. The molecule has 0 spiro atoms. The Kier molecular flexibility index (Phi) is 3.91. The van der Waals surface area contributed by atoms with E-state index in [0.717, 1.165) is 21.3 Å². The molecular formula is C16H13BrF2N4O. The van der Waals surface area contributed by atoms with E-state index in [4.69, 9.17) is 4.84 Å². The molecule has 124 valence electrons. The summed E-state index contributed by atoms with van der Waals surface area (Å²) in [7, 11) is 0. The monoisotopic (exact) mass is 394 g/mol. The molecule has 0 fully saturated rings. The summed E-state index contributed by atoms with van der Waals surface area (Å²) in [5, 5.41) is 7.05. The summed E-state index contributed by atoms with van der Waals surface area (Å²) in [4.78, 5) is 13.8. The van der Waals surface area contributed by atoms with Gasteiger partial charge in [0.05, 0.1) is 0 Å². The SMILES string of the molecule is Fc1cc2c(cc1F)CC(Nc1ncc(C3CC(Br)=NO3)cn1)C2. The summed E-state index contributed by atoms with van der Waals surface area (Å²) in [5.41, 5.74) is 2.49. The van der Waals surface area contributed by atoms with Crippen LogP contribution in [0.3, 0.4) is 0 Å². The molecule has 1 N–H and O–H groups in total. The van der Waals surface area contributed by atoms with Gasteiger partial charge in [0.2, 0.25) is 5.95 Å². The van der Waals surface area contributed by atoms with E-state index in [9.17, 15) is 8.78 Å². The number of nitrogens with zero attached hydrogens (tertiary/aromatic N) is 3. The Balaban J connectivity index is 1.41. The Morgan fingerprint density at radius 1 is 1.04 bits per heavy atom. The van der Waals surface area contributed by atoms with Crippen molar-refractivity contribution in [2.45, 2.75) is 31.4 Å². The van der Waals surface area contributed by atoms with E-state index in [2.05, 4.69) is 36.4 Å². The first-order chi connectivity index (χ1) is 11.6. The van der Waals surface area contributed by atoms with Crippen LogP contribution >= 0.6 is 15.9 Å². The third kappa shape index (κ3) is 2.98. The van der Waals surface area contributed by atoms with E-state index in [1.54, 1.807) is 12.4 Å². The quantitative estimate of drug-likeness (QED) is 0.865. The second-order valence-corrected chi connectivity index (χ2v) is 6.81. The highest BCUT2D eigenvalue weighted by molar-refractivity contribution is 9.18. The minimum Gasteiger partial charge on any atom is -0.386 e. The summed E-state index contributed by atoms with van der Waals surface area (Å²) >= 11 is 3.29. The molecule has 0 saturated carbocycles. The zero-order chi connectivity index (χ0) is 16.7. The Morgan fingerprint density at radius 2 is 1.67 bits per heavy atom. The van der Waals surface area contributed by atoms with Crippen molar-refractivity contribution in [3.8, 4) is 0 Å². The normalized spacial score (nSPS) is 19.8. The number of nitrogens with one attached hydrogen (secondary N) is 1. The van der Waals surface area contributed by atoms with Gasteiger partial charge in [-0.15, -0.1) is 0 Å². The van der Waals surface area contributed by atoms with Gasteiger partial charge in [0.25, 0.3) is 0 Å². The zero-order valence-corrected chi connectivity index (χ0v) is 14.1. The van der Waals surface area contributed by atoms with Crippen molar-refractivity contribution >= 4 is 26.5 Å². The van der Waals surface area contributed by atoms with Gasteiger partial charge in [-0.2, -0.15) is 0 Å². The highest BCUT2D eigenvalue weighted by Crippen LogP contribution is 2.29. The van der Waals surface area contributed by atoms with E-state index < -0.39 is 11.6 Å². The molecule has 0 bridgehead atoms.